The van der Waals surface area contributed by atoms with E-state index in [9.17, 15) is 9.18 Å². The predicted octanol–water partition coefficient (Wildman–Crippen LogP) is 5.03. The second-order valence-corrected chi connectivity index (χ2v) is 5.38. The third kappa shape index (κ3) is 3.70. The average Bonchev–Trinajstić information content (AvgIpc) is 2.57. The highest BCUT2D eigenvalue weighted by molar-refractivity contribution is 6.31. The van der Waals surface area contributed by atoms with Gasteiger partial charge in [0.05, 0.1) is 5.69 Å². The average molecular weight is 344 g/mol. The minimum atomic E-state index is -1.16. The van der Waals surface area contributed by atoms with Crippen molar-refractivity contribution in [3.63, 3.8) is 0 Å². The summed E-state index contributed by atoms with van der Waals surface area (Å²) in [4.78, 5) is 15.2. The first-order chi connectivity index (χ1) is 11.5. The first-order valence-corrected chi connectivity index (χ1v) is 7.34. The molecule has 1 heterocycles. The SMILES string of the molecule is O=C(O)c1cc(Cl)cc(-c2cccc(Oc3ccc(F)cc3)c2)n1. The topological polar surface area (TPSA) is 59.4 Å². The summed E-state index contributed by atoms with van der Waals surface area (Å²) in [6, 6.07) is 15.4. The molecule has 0 saturated heterocycles. The number of halogens is 2. The molecule has 0 aliphatic heterocycles. The molecule has 0 aliphatic rings. The van der Waals surface area contributed by atoms with Crippen LogP contribution in [-0.4, -0.2) is 16.1 Å². The number of nitrogens with zero attached hydrogens (tertiary/aromatic N) is 1. The van der Waals surface area contributed by atoms with Crippen molar-refractivity contribution in [2.75, 3.05) is 0 Å². The molecule has 2 aromatic carbocycles. The first kappa shape index (κ1) is 16.0. The lowest BCUT2D eigenvalue weighted by Crippen LogP contribution is -2.01. The highest BCUT2D eigenvalue weighted by Crippen LogP contribution is 2.28. The van der Waals surface area contributed by atoms with Crippen molar-refractivity contribution in [3.05, 3.63) is 77.2 Å². The van der Waals surface area contributed by atoms with E-state index in [4.69, 9.17) is 21.4 Å². The molecular formula is C18H11ClFNO3. The maximum absolute atomic E-state index is 12.9. The van der Waals surface area contributed by atoms with E-state index in [1.54, 1.807) is 30.3 Å². The Kier molecular flexibility index (Phi) is 4.44. The Morgan fingerprint density at radius 2 is 1.79 bits per heavy atom. The van der Waals surface area contributed by atoms with Crippen LogP contribution < -0.4 is 4.74 Å². The Balaban J connectivity index is 1.93. The van der Waals surface area contributed by atoms with Gasteiger partial charge in [0.15, 0.2) is 0 Å². The lowest BCUT2D eigenvalue weighted by Gasteiger charge is -2.08. The predicted molar refractivity (Wildman–Crippen MR) is 88.1 cm³/mol. The molecule has 6 heteroatoms. The lowest BCUT2D eigenvalue weighted by molar-refractivity contribution is 0.0690. The Morgan fingerprint density at radius 3 is 2.50 bits per heavy atom. The molecule has 1 N–H and O–H groups in total. The van der Waals surface area contributed by atoms with Gasteiger partial charge in [-0.05, 0) is 48.5 Å². The van der Waals surface area contributed by atoms with Gasteiger partial charge in [-0.25, -0.2) is 14.2 Å². The van der Waals surface area contributed by atoms with Crippen molar-refractivity contribution in [1.29, 1.82) is 0 Å². The number of aromatic nitrogens is 1. The summed E-state index contributed by atoms with van der Waals surface area (Å²) in [5.74, 6) is -0.505. The first-order valence-electron chi connectivity index (χ1n) is 6.96. The Labute approximate surface area is 142 Å². The number of hydrogen-bond donors (Lipinski definition) is 1. The molecule has 24 heavy (non-hydrogen) atoms. The minimum Gasteiger partial charge on any atom is -0.477 e. The second kappa shape index (κ2) is 6.68. The van der Waals surface area contributed by atoms with Gasteiger partial charge in [0.25, 0.3) is 0 Å². The highest BCUT2D eigenvalue weighted by atomic mass is 35.5. The van der Waals surface area contributed by atoms with Gasteiger partial charge < -0.3 is 9.84 Å². The fraction of sp³-hybridized carbons (Fsp3) is 0. The zero-order valence-corrected chi connectivity index (χ0v) is 13.0. The molecule has 4 nitrogen and oxygen atoms in total. The van der Waals surface area contributed by atoms with E-state index in [0.717, 1.165) is 0 Å². The summed E-state index contributed by atoms with van der Waals surface area (Å²) in [6.07, 6.45) is 0. The molecule has 0 amide bonds. The van der Waals surface area contributed by atoms with E-state index in [0.29, 0.717) is 22.8 Å². The second-order valence-electron chi connectivity index (χ2n) is 4.94. The lowest BCUT2D eigenvalue weighted by atomic mass is 10.1. The van der Waals surface area contributed by atoms with Gasteiger partial charge in [0, 0.05) is 10.6 Å². The smallest absolute Gasteiger partial charge is 0.354 e. The molecule has 0 bridgehead atoms. The summed E-state index contributed by atoms with van der Waals surface area (Å²) in [7, 11) is 0. The van der Waals surface area contributed by atoms with Gasteiger partial charge in [0.2, 0.25) is 0 Å². The molecule has 0 aliphatic carbocycles. The van der Waals surface area contributed by atoms with Gasteiger partial charge in [-0.2, -0.15) is 0 Å². The molecule has 3 aromatic rings. The third-order valence-corrected chi connectivity index (χ3v) is 3.41. The van der Waals surface area contributed by atoms with Crippen molar-refractivity contribution in [2.45, 2.75) is 0 Å². The number of hydrogen-bond acceptors (Lipinski definition) is 3. The zero-order chi connectivity index (χ0) is 17.1. The van der Waals surface area contributed by atoms with E-state index in [1.165, 1.54) is 30.3 Å². The van der Waals surface area contributed by atoms with E-state index >= 15 is 0 Å². The molecule has 0 atom stereocenters. The quantitative estimate of drug-likeness (QED) is 0.721. The summed E-state index contributed by atoms with van der Waals surface area (Å²) in [5.41, 5.74) is 0.937. The summed E-state index contributed by atoms with van der Waals surface area (Å²) in [6.45, 7) is 0. The molecule has 0 radical (unpaired) electrons. The van der Waals surface area contributed by atoms with Gasteiger partial charge in [-0.1, -0.05) is 23.7 Å². The molecule has 3 rings (SSSR count). The number of rotatable bonds is 4. The summed E-state index contributed by atoms with van der Waals surface area (Å²) < 4.78 is 18.6. The maximum atomic E-state index is 12.9. The van der Waals surface area contributed by atoms with Crippen LogP contribution in [0.2, 0.25) is 5.02 Å². The van der Waals surface area contributed by atoms with Crippen molar-refractivity contribution in [3.8, 4) is 22.8 Å². The number of pyridine rings is 1. The number of carboxylic acid groups (broad SMARTS) is 1. The summed E-state index contributed by atoms with van der Waals surface area (Å²) >= 11 is 5.96. The van der Waals surface area contributed by atoms with Gasteiger partial charge in [-0.15, -0.1) is 0 Å². The molecule has 120 valence electrons. The van der Waals surface area contributed by atoms with E-state index in [2.05, 4.69) is 4.98 Å². The number of benzene rings is 2. The zero-order valence-electron chi connectivity index (χ0n) is 12.2. The molecular weight excluding hydrogens is 333 g/mol. The number of carbonyl (C=O) groups is 1. The van der Waals surface area contributed by atoms with Crippen LogP contribution in [0, 0.1) is 5.82 Å². The van der Waals surface area contributed by atoms with Crippen LogP contribution in [0.15, 0.2) is 60.7 Å². The number of ether oxygens (including phenoxy) is 1. The van der Waals surface area contributed by atoms with E-state index in [-0.39, 0.29) is 16.5 Å². The summed E-state index contributed by atoms with van der Waals surface area (Å²) in [5, 5.41) is 9.36. The van der Waals surface area contributed by atoms with Crippen LogP contribution in [0.4, 0.5) is 4.39 Å². The van der Waals surface area contributed by atoms with Crippen LogP contribution in [0.5, 0.6) is 11.5 Å². The Bertz CT molecular complexity index is 897. The van der Waals surface area contributed by atoms with Crippen molar-refractivity contribution >= 4 is 17.6 Å². The van der Waals surface area contributed by atoms with Crippen LogP contribution in [0.1, 0.15) is 10.5 Å². The van der Waals surface area contributed by atoms with Crippen molar-refractivity contribution in [1.82, 2.24) is 4.98 Å². The fourth-order valence-electron chi connectivity index (χ4n) is 2.11. The molecule has 0 unspecified atom stereocenters. The monoisotopic (exact) mass is 343 g/mol. The van der Waals surface area contributed by atoms with Crippen LogP contribution in [-0.2, 0) is 0 Å². The van der Waals surface area contributed by atoms with Crippen molar-refractivity contribution < 1.29 is 19.0 Å². The molecule has 0 spiro atoms. The third-order valence-electron chi connectivity index (χ3n) is 3.19. The van der Waals surface area contributed by atoms with Crippen LogP contribution in [0.25, 0.3) is 11.3 Å². The largest absolute Gasteiger partial charge is 0.477 e. The van der Waals surface area contributed by atoms with Crippen molar-refractivity contribution in [2.24, 2.45) is 0 Å². The number of aromatic carboxylic acids is 1. The maximum Gasteiger partial charge on any atom is 0.354 e. The standard InChI is InChI=1S/C18H11ClFNO3/c19-12-9-16(21-17(10-12)18(22)23)11-2-1-3-15(8-11)24-14-6-4-13(20)5-7-14/h1-10H,(H,22,23). The van der Waals surface area contributed by atoms with E-state index in [1.807, 2.05) is 0 Å². The normalized spacial score (nSPS) is 10.4. The van der Waals surface area contributed by atoms with Gasteiger partial charge in [-0.3, -0.25) is 0 Å². The molecule has 0 fully saturated rings. The van der Waals surface area contributed by atoms with Crippen LogP contribution in [0.3, 0.4) is 0 Å². The van der Waals surface area contributed by atoms with Gasteiger partial charge in [0.1, 0.15) is 23.0 Å². The fourth-order valence-corrected chi connectivity index (χ4v) is 2.32. The minimum absolute atomic E-state index is 0.137. The Morgan fingerprint density at radius 1 is 1.04 bits per heavy atom. The molecule has 1 aromatic heterocycles. The highest BCUT2D eigenvalue weighted by Gasteiger charge is 2.10. The van der Waals surface area contributed by atoms with Crippen LogP contribution >= 0.6 is 11.6 Å². The molecule has 0 saturated carbocycles. The number of carboxylic acids is 1. The van der Waals surface area contributed by atoms with Gasteiger partial charge >= 0.3 is 5.97 Å². The Hall–Kier alpha value is -2.92. The van der Waals surface area contributed by atoms with E-state index < -0.39 is 5.97 Å².